The first-order chi connectivity index (χ1) is 8.63. The monoisotopic (exact) mass is 266 g/mol. The highest BCUT2D eigenvalue weighted by Crippen LogP contribution is 2.30. The predicted octanol–water partition coefficient (Wildman–Crippen LogP) is 2.57. The van der Waals surface area contributed by atoms with E-state index in [1.807, 2.05) is 12.1 Å². The Bertz CT molecular complexity index is 580. The van der Waals surface area contributed by atoms with E-state index in [1.54, 1.807) is 13.2 Å². The molecule has 0 atom stereocenters. The lowest BCUT2D eigenvalue weighted by molar-refractivity contribution is 0.0690. The summed E-state index contributed by atoms with van der Waals surface area (Å²) in [6, 6.07) is 6.85. The highest BCUT2D eigenvalue weighted by Gasteiger charge is 2.15. The lowest BCUT2D eigenvalue weighted by Crippen LogP contribution is -1.95. The minimum absolute atomic E-state index is 0.0216. The zero-order chi connectivity index (χ0) is 13.1. The Morgan fingerprint density at radius 2 is 2.33 bits per heavy atom. The standard InChI is InChI=1S/C12H11ClN2O3/c1-18-6-7-3-2-4-8(13)11(7)9-5-10(12(16)17)15-14-9/h2-5H,6H2,1H3,(H,14,15)(H,16,17). The summed E-state index contributed by atoms with van der Waals surface area (Å²) in [4.78, 5) is 10.8. The lowest BCUT2D eigenvalue weighted by Gasteiger charge is -2.08. The molecule has 1 heterocycles. The molecule has 94 valence electrons. The second-order valence-corrected chi connectivity index (χ2v) is 4.09. The third-order valence-electron chi connectivity index (χ3n) is 2.46. The van der Waals surface area contributed by atoms with Gasteiger partial charge in [0.15, 0.2) is 0 Å². The van der Waals surface area contributed by atoms with Gasteiger partial charge in [-0.05, 0) is 17.7 Å². The van der Waals surface area contributed by atoms with Gasteiger partial charge in [-0.2, -0.15) is 5.10 Å². The van der Waals surface area contributed by atoms with E-state index in [9.17, 15) is 4.79 Å². The molecule has 1 aromatic heterocycles. The number of carboxylic acid groups (broad SMARTS) is 1. The first-order valence-electron chi connectivity index (χ1n) is 5.19. The van der Waals surface area contributed by atoms with Crippen LogP contribution in [-0.4, -0.2) is 28.4 Å². The molecule has 0 saturated carbocycles. The molecule has 0 radical (unpaired) electrons. The van der Waals surface area contributed by atoms with E-state index in [2.05, 4.69) is 10.2 Å². The number of carbonyl (C=O) groups is 1. The van der Waals surface area contributed by atoms with Gasteiger partial charge in [0.1, 0.15) is 5.69 Å². The highest BCUT2D eigenvalue weighted by molar-refractivity contribution is 6.33. The van der Waals surface area contributed by atoms with Gasteiger partial charge in [0.2, 0.25) is 0 Å². The van der Waals surface area contributed by atoms with Crippen molar-refractivity contribution in [3.8, 4) is 11.3 Å². The van der Waals surface area contributed by atoms with Crippen LogP contribution >= 0.6 is 11.6 Å². The Morgan fingerprint density at radius 3 is 2.94 bits per heavy atom. The van der Waals surface area contributed by atoms with Crippen molar-refractivity contribution >= 4 is 17.6 Å². The number of rotatable bonds is 4. The Hall–Kier alpha value is -1.85. The second kappa shape index (κ2) is 5.20. The number of H-pyrrole nitrogens is 1. The molecule has 18 heavy (non-hydrogen) atoms. The number of nitrogens with one attached hydrogen (secondary N) is 1. The molecule has 6 heteroatoms. The summed E-state index contributed by atoms with van der Waals surface area (Å²) in [7, 11) is 1.58. The molecule has 0 spiro atoms. The SMILES string of the molecule is COCc1cccc(Cl)c1-c1cc(C(=O)O)[nH]n1. The van der Waals surface area contributed by atoms with E-state index < -0.39 is 5.97 Å². The number of nitrogens with zero attached hydrogens (tertiary/aromatic N) is 1. The number of ether oxygens (including phenoxy) is 1. The van der Waals surface area contributed by atoms with E-state index in [0.29, 0.717) is 22.9 Å². The maximum Gasteiger partial charge on any atom is 0.353 e. The minimum Gasteiger partial charge on any atom is -0.477 e. The Kier molecular flexibility index (Phi) is 3.64. The van der Waals surface area contributed by atoms with Gasteiger partial charge in [0, 0.05) is 12.7 Å². The Labute approximate surface area is 108 Å². The molecule has 2 aromatic rings. The first-order valence-corrected chi connectivity index (χ1v) is 5.56. The zero-order valence-corrected chi connectivity index (χ0v) is 10.4. The number of aromatic carboxylic acids is 1. The zero-order valence-electron chi connectivity index (χ0n) is 9.61. The number of benzene rings is 1. The van der Waals surface area contributed by atoms with Crippen LogP contribution in [0.15, 0.2) is 24.3 Å². The molecule has 0 saturated heterocycles. The second-order valence-electron chi connectivity index (χ2n) is 3.68. The molecule has 0 fully saturated rings. The van der Waals surface area contributed by atoms with E-state index in [4.69, 9.17) is 21.4 Å². The van der Waals surface area contributed by atoms with Crippen molar-refractivity contribution in [3.63, 3.8) is 0 Å². The topological polar surface area (TPSA) is 75.2 Å². The molecule has 0 aliphatic carbocycles. The molecular formula is C12H11ClN2O3. The molecule has 0 aliphatic rings. The van der Waals surface area contributed by atoms with Crippen LogP contribution in [0, 0.1) is 0 Å². The van der Waals surface area contributed by atoms with Gasteiger partial charge in [-0.25, -0.2) is 4.79 Å². The summed E-state index contributed by atoms with van der Waals surface area (Å²) in [5.74, 6) is -1.06. The van der Waals surface area contributed by atoms with E-state index in [1.165, 1.54) is 6.07 Å². The van der Waals surface area contributed by atoms with Crippen molar-refractivity contribution in [3.05, 3.63) is 40.5 Å². The van der Waals surface area contributed by atoms with Crippen molar-refractivity contribution in [2.75, 3.05) is 7.11 Å². The summed E-state index contributed by atoms with van der Waals surface area (Å²) >= 11 is 6.13. The molecule has 2 N–H and O–H groups in total. The highest BCUT2D eigenvalue weighted by atomic mass is 35.5. The number of carboxylic acids is 1. The van der Waals surface area contributed by atoms with Crippen LogP contribution in [0.4, 0.5) is 0 Å². The largest absolute Gasteiger partial charge is 0.477 e. The van der Waals surface area contributed by atoms with E-state index >= 15 is 0 Å². The van der Waals surface area contributed by atoms with Crippen LogP contribution in [0.25, 0.3) is 11.3 Å². The lowest BCUT2D eigenvalue weighted by atomic mass is 10.0. The molecule has 1 aromatic carbocycles. The van der Waals surface area contributed by atoms with Crippen molar-refractivity contribution in [1.29, 1.82) is 0 Å². The summed E-state index contributed by atoms with van der Waals surface area (Å²) in [5, 5.41) is 15.8. The van der Waals surface area contributed by atoms with Crippen LogP contribution in [0.1, 0.15) is 16.1 Å². The maximum atomic E-state index is 10.8. The van der Waals surface area contributed by atoms with Crippen LogP contribution in [-0.2, 0) is 11.3 Å². The number of hydrogen-bond donors (Lipinski definition) is 2. The molecule has 0 aliphatic heterocycles. The van der Waals surface area contributed by atoms with Crippen molar-refractivity contribution < 1.29 is 14.6 Å². The molecule has 0 amide bonds. The third-order valence-corrected chi connectivity index (χ3v) is 2.78. The van der Waals surface area contributed by atoms with Crippen LogP contribution < -0.4 is 0 Å². The van der Waals surface area contributed by atoms with Gasteiger partial charge >= 0.3 is 5.97 Å². The predicted molar refractivity (Wildman–Crippen MR) is 66.7 cm³/mol. The number of aromatic nitrogens is 2. The van der Waals surface area contributed by atoms with E-state index in [0.717, 1.165) is 5.56 Å². The average Bonchev–Trinajstić information content (AvgIpc) is 2.79. The van der Waals surface area contributed by atoms with Gasteiger partial charge in [-0.15, -0.1) is 0 Å². The fourth-order valence-electron chi connectivity index (χ4n) is 1.69. The summed E-state index contributed by atoms with van der Waals surface area (Å²) in [5.41, 5.74) is 2.05. The minimum atomic E-state index is -1.06. The summed E-state index contributed by atoms with van der Waals surface area (Å²) in [6.45, 7) is 0.380. The maximum absolute atomic E-state index is 10.8. The number of aromatic amines is 1. The summed E-state index contributed by atoms with van der Waals surface area (Å²) in [6.07, 6.45) is 0. The smallest absolute Gasteiger partial charge is 0.353 e. The van der Waals surface area contributed by atoms with Gasteiger partial charge in [-0.1, -0.05) is 23.7 Å². The molecular weight excluding hydrogens is 256 g/mol. The molecule has 0 unspecified atom stereocenters. The molecule has 0 bridgehead atoms. The average molecular weight is 267 g/mol. The van der Waals surface area contributed by atoms with Gasteiger partial charge in [0.25, 0.3) is 0 Å². The molecule has 5 nitrogen and oxygen atoms in total. The van der Waals surface area contributed by atoms with Crippen LogP contribution in [0.3, 0.4) is 0 Å². The quantitative estimate of drug-likeness (QED) is 0.892. The Balaban J connectivity index is 2.51. The fourth-order valence-corrected chi connectivity index (χ4v) is 1.98. The van der Waals surface area contributed by atoms with Crippen LogP contribution in [0.5, 0.6) is 0 Å². The van der Waals surface area contributed by atoms with Gasteiger partial charge < -0.3 is 9.84 Å². The van der Waals surface area contributed by atoms with Crippen molar-refractivity contribution in [1.82, 2.24) is 10.2 Å². The van der Waals surface area contributed by atoms with Crippen molar-refractivity contribution in [2.24, 2.45) is 0 Å². The first kappa shape index (κ1) is 12.6. The Morgan fingerprint density at radius 1 is 1.56 bits per heavy atom. The number of hydrogen-bond acceptors (Lipinski definition) is 3. The summed E-state index contributed by atoms with van der Waals surface area (Å²) < 4.78 is 5.09. The van der Waals surface area contributed by atoms with Gasteiger partial charge in [-0.3, -0.25) is 5.10 Å². The molecule has 2 rings (SSSR count). The number of halogens is 1. The normalized spacial score (nSPS) is 10.6. The van der Waals surface area contributed by atoms with E-state index in [-0.39, 0.29) is 5.69 Å². The number of methoxy groups -OCH3 is 1. The third kappa shape index (κ3) is 2.37. The van der Waals surface area contributed by atoms with Crippen LogP contribution in [0.2, 0.25) is 5.02 Å². The fraction of sp³-hybridized carbons (Fsp3) is 0.167. The van der Waals surface area contributed by atoms with Gasteiger partial charge in [0.05, 0.1) is 17.3 Å². The van der Waals surface area contributed by atoms with Crippen molar-refractivity contribution in [2.45, 2.75) is 6.61 Å².